The van der Waals surface area contributed by atoms with Gasteiger partial charge in [0, 0.05) is 36.1 Å². The molecule has 1 saturated heterocycles. The number of likely N-dealkylation sites (tertiary alicyclic amines) is 1. The summed E-state index contributed by atoms with van der Waals surface area (Å²) in [5, 5.41) is 18.2. The van der Waals surface area contributed by atoms with Gasteiger partial charge in [0.05, 0.1) is 18.4 Å². The molecule has 3 aromatic heterocycles. The van der Waals surface area contributed by atoms with Crippen molar-refractivity contribution in [3.05, 3.63) is 41.4 Å². The van der Waals surface area contributed by atoms with E-state index in [0.29, 0.717) is 40.6 Å². The van der Waals surface area contributed by atoms with Crippen LogP contribution in [0.5, 0.6) is 0 Å². The van der Waals surface area contributed by atoms with Crippen LogP contribution in [0.15, 0.2) is 30.6 Å². The highest BCUT2D eigenvalue weighted by atomic mass is 35.5. The van der Waals surface area contributed by atoms with Gasteiger partial charge in [0.25, 0.3) is 5.91 Å². The van der Waals surface area contributed by atoms with E-state index in [1.165, 1.54) is 19.0 Å². The third-order valence-corrected chi connectivity index (χ3v) is 7.84. The lowest BCUT2D eigenvalue weighted by Crippen LogP contribution is -2.44. The first kappa shape index (κ1) is 25.8. The summed E-state index contributed by atoms with van der Waals surface area (Å²) >= 11 is 5.97. The fraction of sp³-hybridized carbons (Fsp3) is 0.519. The summed E-state index contributed by atoms with van der Waals surface area (Å²) in [5.74, 6) is 0.485. The zero-order valence-electron chi connectivity index (χ0n) is 21.8. The summed E-state index contributed by atoms with van der Waals surface area (Å²) in [5.41, 5.74) is 2.33. The van der Waals surface area contributed by atoms with Crippen LogP contribution >= 0.6 is 11.6 Å². The van der Waals surface area contributed by atoms with Crippen LogP contribution in [-0.4, -0.2) is 74.1 Å². The maximum Gasteiger partial charge on any atom is 0.276 e. The van der Waals surface area contributed by atoms with Crippen LogP contribution in [0.25, 0.3) is 5.65 Å². The number of anilines is 3. The number of nitrogens with one attached hydrogen (secondary N) is 4. The van der Waals surface area contributed by atoms with Crippen LogP contribution in [0, 0.1) is 0 Å². The van der Waals surface area contributed by atoms with Crippen molar-refractivity contribution in [2.24, 2.45) is 0 Å². The second-order valence-corrected chi connectivity index (χ2v) is 11.2. The van der Waals surface area contributed by atoms with Gasteiger partial charge < -0.3 is 21.3 Å². The molecule has 2 saturated carbocycles. The van der Waals surface area contributed by atoms with Gasteiger partial charge in [0.2, 0.25) is 5.91 Å². The Labute approximate surface area is 232 Å². The first-order chi connectivity index (χ1) is 19.0. The van der Waals surface area contributed by atoms with Gasteiger partial charge in [-0.1, -0.05) is 11.6 Å². The number of aromatic nitrogens is 4. The van der Waals surface area contributed by atoms with E-state index >= 15 is 0 Å². The van der Waals surface area contributed by atoms with Gasteiger partial charge in [-0.25, -0.2) is 14.5 Å². The molecule has 4 N–H and O–H groups in total. The first-order valence-corrected chi connectivity index (χ1v) is 14.2. The zero-order chi connectivity index (χ0) is 26.8. The molecule has 0 spiro atoms. The molecule has 4 heterocycles. The predicted molar refractivity (Wildman–Crippen MR) is 150 cm³/mol. The van der Waals surface area contributed by atoms with Gasteiger partial charge >= 0.3 is 0 Å². The number of nitrogens with zero attached hydrogens (tertiary/aromatic N) is 5. The van der Waals surface area contributed by atoms with Crippen molar-refractivity contribution in [1.29, 1.82) is 0 Å². The molecule has 3 fully saturated rings. The molecule has 2 amide bonds. The number of imidazole rings is 1. The minimum atomic E-state index is -0.336. The lowest BCUT2D eigenvalue weighted by atomic mass is 9.91. The molecule has 206 valence electrons. The van der Waals surface area contributed by atoms with Crippen LogP contribution in [0.1, 0.15) is 61.9 Å². The molecule has 0 radical (unpaired) electrons. The van der Waals surface area contributed by atoms with Gasteiger partial charge in [-0.05, 0) is 76.6 Å². The van der Waals surface area contributed by atoms with Gasteiger partial charge in [-0.2, -0.15) is 0 Å². The quantitative estimate of drug-likeness (QED) is 0.297. The number of carbonyl (C=O) groups is 2. The highest BCUT2D eigenvalue weighted by Crippen LogP contribution is 2.30. The van der Waals surface area contributed by atoms with E-state index in [2.05, 4.69) is 36.1 Å². The lowest BCUT2D eigenvalue weighted by molar-refractivity contribution is -0.122. The average Bonchev–Trinajstić information content (AvgIpc) is 3.38. The van der Waals surface area contributed by atoms with E-state index in [1.807, 2.05) is 6.07 Å². The summed E-state index contributed by atoms with van der Waals surface area (Å²) in [6.07, 6.45) is 11.4. The van der Waals surface area contributed by atoms with Crippen LogP contribution in [0.3, 0.4) is 0 Å². The highest BCUT2D eigenvalue weighted by molar-refractivity contribution is 6.29. The number of amides is 2. The average molecular weight is 552 g/mol. The van der Waals surface area contributed by atoms with Crippen molar-refractivity contribution in [3.8, 4) is 0 Å². The Morgan fingerprint density at radius 2 is 1.67 bits per heavy atom. The number of hydrogen-bond donors (Lipinski definition) is 4. The fourth-order valence-electron chi connectivity index (χ4n) is 5.43. The second-order valence-electron chi connectivity index (χ2n) is 10.8. The van der Waals surface area contributed by atoms with E-state index in [4.69, 9.17) is 16.7 Å². The lowest BCUT2D eigenvalue weighted by Gasteiger charge is -2.30. The molecule has 6 rings (SSSR count). The molecule has 0 unspecified atom stereocenters. The van der Waals surface area contributed by atoms with Crippen LogP contribution in [0.2, 0.25) is 5.15 Å². The minimum Gasteiger partial charge on any atom is -0.379 e. The van der Waals surface area contributed by atoms with E-state index < -0.39 is 0 Å². The normalized spacial score (nSPS) is 21.6. The number of pyridine rings is 1. The van der Waals surface area contributed by atoms with Gasteiger partial charge in [-0.15, -0.1) is 5.10 Å². The molecule has 0 atom stereocenters. The predicted octanol–water partition coefficient (Wildman–Crippen LogP) is 3.54. The SMILES string of the molecule is O=C(CN1CCCC1)NC1CCC(Nc2cc(NC3CC3)c3ncc(C(=O)Nc4ccnc(Cl)c4)n3n2)CC1. The Bertz CT molecular complexity index is 1340. The molecular formula is C27H34ClN9O2. The molecule has 3 aromatic rings. The number of hydrogen-bond acceptors (Lipinski definition) is 8. The Morgan fingerprint density at radius 3 is 2.41 bits per heavy atom. The second kappa shape index (κ2) is 11.4. The smallest absolute Gasteiger partial charge is 0.276 e. The maximum absolute atomic E-state index is 13.1. The van der Waals surface area contributed by atoms with E-state index in [0.717, 1.165) is 57.3 Å². The highest BCUT2D eigenvalue weighted by Gasteiger charge is 2.27. The molecule has 2 aliphatic carbocycles. The Hall–Kier alpha value is -3.44. The van der Waals surface area contributed by atoms with Crippen molar-refractivity contribution in [2.75, 3.05) is 35.6 Å². The third-order valence-electron chi connectivity index (χ3n) is 7.63. The largest absolute Gasteiger partial charge is 0.379 e. The first-order valence-electron chi connectivity index (χ1n) is 13.9. The standard InChI is InChI=1S/C27H34ClN9O2/c28-23-13-20(9-10-29-23)34-27(39)22-15-30-26-21(31-17-3-4-17)14-24(35-37(22)26)32-18-5-7-19(8-6-18)33-25(38)16-36-11-1-2-12-36/h9-10,13-15,17-19,31H,1-8,11-12,16H2,(H,32,35)(H,33,38)(H,29,34,39). The summed E-state index contributed by atoms with van der Waals surface area (Å²) in [6.45, 7) is 2.56. The Kier molecular flexibility index (Phi) is 7.51. The number of fused-ring (bicyclic) bond motifs is 1. The van der Waals surface area contributed by atoms with Gasteiger partial charge in [0.15, 0.2) is 11.3 Å². The molecule has 1 aliphatic heterocycles. The molecule has 3 aliphatic rings. The van der Waals surface area contributed by atoms with E-state index in [9.17, 15) is 9.59 Å². The van der Waals surface area contributed by atoms with E-state index in [1.54, 1.807) is 22.8 Å². The van der Waals surface area contributed by atoms with Crippen LogP contribution in [-0.2, 0) is 4.79 Å². The molecule has 11 nitrogen and oxygen atoms in total. The fourth-order valence-corrected chi connectivity index (χ4v) is 5.61. The van der Waals surface area contributed by atoms with Crippen molar-refractivity contribution in [3.63, 3.8) is 0 Å². The monoisotopic (exact) mass is 551 g/mol. The van der Waals surface area contributed by atoms with Crippen molar-refractivity contribution in [1.82, 2.24) is 29.8 Å². The molecule has 0 aromatic carbocycles. The third kappa shape index (κ3) is 6.42. The number of halogens is 1. The van der Waals surface area contributed by atoms with Gasteiger partial charge in [0.1, 0.15) is 11.0 Å². The summed E-state index contributed by atoms with van der Waals surface area (Å²) < 4.78 is 1.59. The summed E-state index contributed by atoms with van der Waals surface area (Å²) in [6, 6.07) is 6.11. The minimum absolute atomic E-state index is 0.135. The Morgan fingerprint density at radius 1 is 0.949 bits per heavy atom. The molecule has 0 bridgehead atoms. The molecule has 39 heavy (non-hydrogen) atoms. The zero-order valence-corrected chi connectivity index (χ0v) is 22.6. The van der Waals surface area contributed by atoms with Crippen molar-refractivity contribution in [2.45, 2.75) is 69.5 Å². The summed E-state index contributed by atoms with van der Waals surface area (Å²) in [7, 11) is 0. The Balaban J connectivity index is 1.13. The maximum atomic E-state index is 13.1. The van der Waals surface area contributed by atoms with Crippen LogP contribution < -0.4 is 21.3 Å². The van der Waals surface area contributed by atoms with E-state index in [-0.39, 0.29) is 23.9 Å². The van der Waals surface area contributed by atoms with Crippen molar-refractivity contribution >= 4 is 46.3 Å². The molecule has 12 heteroatoms. The number of rotatable bonds is 9. The topological polar surface area (TPSA) is 129 Å². The molecular weight excluding hydrogens is 518 g/mol. The summed E-state index contributed by atoms with van der Waals surface area (Å²) in [4.78, 5) is 36.3. The van der Waals surface area contributed by atoms with Crippen LogP contribution in [0.4, 0.5) is 17.2 Å². The van der Waals surface area contributed by atoms with Crippen molar-refractivity contribution < 1.29 is 9.59 Å². The number of carbonyl (C=O) groups excluding carboxylic acids is 2. The van der Waals surface area contributed by atoms with Gasteiger partial charge in [-0.3, -0.25) is 14.5 Å².